The first-order chi connectivity index (χ1) is 11.2. The molecule has 24 heavy (non-hydrogen) atoms. The van der Waals surface area contributed by atoms with E-state index < -0.39 is 35.2 Å². The molecule has 1 aromatic heterocycles. The molecule has 9 heteroatoms. The van der Waals surface area contributed by atoms with Gasteiger partial charge in [-0.15, -0.1) is 11.3 Å². The van der Waals surface area contributed by atoms with E-state index in [1.54, 1.807) is 18.4 Å². The summed E-state index contributed by atoms with van der Waals surface area (Å²) >= 11 is 6.66. The van der Waals surface area contributed by atoms with Crippen molar-refractivity contribution < 1.29 is 27.5 Å². The highest BCUT2D eigenvalue weighted by atomic mass is 35.5. The maximum atomic E-state index is 12.7. The first-order valence-corrected chi connectivity index (χ1v) is 7.82. The molecule has 0 aliphatic rings. The first kappa shape index (κ1) is 18.3. The van der Waals surface area contributed by atoms with Crippen LogP contribution in [0.4, 0.5) is 18.9 Å². The predicted molar refractivity (Wildman–Crippen MR) is 84.4 cm³/mol. The number of carbonyl (C=O) groups is 2. The summed E-state index contributed by atoms with van der Waals surface area (Å²) in [5.41, 5.74) is -0.439. The SMILES string of the molecule is Cc1ccsc1C(=O)OCC(=O)Nc1ccc(Cl)c(C(F)(F)F)c1. The highest BCUT2D eigenvalue weighted by molar-refractivity contribution is 7.12. The maximum absolute atomic E-state index is 12.7. The Morgan fingerprint density at radius 1 is 1.29 bits per heavy atom. The Morgan fingerprint density at radius 3 is 2.58 bits per heavy atom. The molecule has 0 aliphatic heterocycles. The van der Waals surface area contributed by atoms with E-state index in [1.807, 2.05) is 0 Å². The van der Waals surface area contributed by atoms with Crippen molar-refractivity contribution in [3.8, 4) is 0 Å². The van der Waals surface area contributed by atoms with Crippen molar-refractivity contribution in [1.29, 1.82) is 0 Å². The largest absolute Gasteiger partial charge is 0.451 e. The molecule has 1 amide bonds. The van der Waals surface area contributed by atoms with Crippen LogP contribution in [-0.2, 0) is 15.7 Å². The van der Waals surface area contributed by atoms with Gasteiger partial charge in [-0.05, 0) is 42.1 Å². The average Bonchev–Trinajstić information content (AvgIpc) is 2.92. The molecular weight excluding hydrogens is 367 g/mol. The Balaban J connectivity index is 1.98. The van der Waals surface area contributed by atoms with Crippen molar-refractivity contribution in [1.82, 2.24) is 0 Å². The molecule has 2 aromatic rings. The number of nitrogens with one attached hydrogen (secondary N) is 1. The van der Waals surface area contributed by atoms with Crippen LogP contribution in [-0.4, -0.2) is 18.5 Å². The quantitative estimate of drug-likeness (QED) is 0.797. The number of anilines is 1. The normalized spacial score (nSPS) is 11.2. The van der Waals surface area contributed by atoms with E-state index in [1.165, 1.54) is 17.4 Å². The van der Waals surface area contributed by atoms with Crippen molar-refractivity contribution >= 4 is 40.5 Å². The number of hydrogen-bond acceptors (Lipinski definition) is 4. The van der Waals surface area contributed by atoms with Gasteiger partial charge in [-0.3, -0.25) is 4.79 Å². The van der Waals surface area contributed by atoms with Gasteiger partial charge in [0.25, 0.3) is 5.91 Å². The van der Waals surface area contributed by atoms with Crippen molar-refractivity contribution in [2.24, 2.45) is 0 Å². The Morgan fingerprint density at radius 2 is 2.00 bits per heavy atom. The van der Waals surface area contributed by atoms with Crippen LogP contribution in [0.25, 0.3) is 0 Å². The van der Waals surface area contributed by atoms with Gasteiger partial charge in [-0.25, -0.2) is 4.79 Å². The average molecular weight is 378 g/mol. The zero-order valence-electron chi connectivity index (χ0n) is 12.2. The molecule has 0 atom stereocenters. The Kier molecular flexibility index (Phi) is 5.51. The second-order valence-corrected chi connectivity index (χ2v) is 6.07. The van der Waals surface area contributed by atoms with Crippen LogP contribution in [0.1, 0.15) is 20.8 Å². The molecule has 0 unspecified atom stereocenters. The summed E-state index contributed by atoms with van der Waals surface area (Å²) in [6, 6.07) is 4.70. The van der Waals surface area contributed by atoms with Crippen LogP contribution < -0.4 is 5.32 Å². The number of benzene rings is 1. The standard InChI is InChI=1S/C15H11ClF3NO3S/c1-8-4-5-24-13(8)14(22)23-7-12(21)20-9-2-3-11(16)10(6-9)15(17,18)19/h2-6H,7H2,1H3,(H,20,21). The number of rotatable bonds is 4. The molecule has 0 fully saturated rings. The molecule has 0 radical (unpaired) electrons. The van der Waals surface area contributed by atoms with E-state index in [0.717, 1.165) is 11.6 Å². The summed E-state index contributed by atoms with van der Waals surface area (Å²) in [6.45, 7) is 1.11. The number of thiophene rings is 1. The number of halogens is 4. The topological polar surface area (TPSA) is 55.4 Å². The molecule has 0 spiro atoms. The van der Waals surface area contributed by atoms with E-state index in [-0.39, 0.29) is 5.69 Å². The van der Waals surface area contributed by atoms with E-state index >= 15 is 0 Å². The Hall–Kier alpha value is -2.06. The van der Waals surface area contributed by atoms with Gasteiger partial charge in [0.15, 0.2) is 6.61 Å². The van der Waals surface area contributed by atoms with Gasteiger partial charge in [0.2, 0.25) is 0 Å². The van der Waals surface area contributed by atoms with Crippen molar-refractivity contribution in [3.05, 3.63) is 50.7 Å². The van der Waals surface area contributed by atoms with E-state index in [0.29, 0.717) is 10.9 Å². The van der Waals surface area contributed by atoms with Crippen LogP contribution in [0, 0.1) is 6.92 Å². The summed E-state index contributed by atoms with van der Waals surface area (Å²) in [4.78, 5) is 23.8. The predicted octanol–water partition coefficient (Wildman–Crippen LogP) is 4.52. The van der Waals surface area contributed by atoms with Crippen molar-refractivity contribution in [3.63, 3.8) is 0 Å². The van der Waals surface area contributed by atoms with Crippen LogP contribution in [0.15, 0.2) is 29.6 Å². The number of esters is 1. The number of carbonyl (C=O) groups excluding carboxylic acids is 2. The molecule has 1 N–H and O–H groups in total. The van der Waals surface area contributed by atoms with Gasteiger partial charge in [0, 0.05) is 5.69 Å². The van der Waals surface area contributed by atoms with Crippen LogP contribution in [0.5, 0.6) is 0 Å². The second kappa shape index (κ2) is 7.23. The molecule has 4 nitrogen and oxygen atoms in total. The smallest absolute Gasteiger partial charge is 0.417 e. The van der Waals surface area contributed by atoms with E-state index in [2.05, 4.69) is 5.32 Å². The highest BCUT2D eigenvalue weighted by Gasteiger charge is 2.33. The minimum Gasteiger partial charge on any atom is -0.451 e. The monoisotopic (exact) mass is 377 g/mol. The number of hydrogen-bond donors (Lipinski definition) is 1. The molecule has 0 aliphatic carbocycles. The summed E-state index contributed by atoms with van der Waals surface area (Å²) in [5, 5.41) is 3.46. The Labute approximate surface area is 144 Å². The number of ether oxygens (including phenoxy) is 1. The molecule has 0 bridgehead atoms. The highest BCUT2D eigenvalue weighted by Crippen LogP contribution is 2.36. The molecule has 128 valence electrons. The summed E-state index contributed by atoms with van der Waals surface area (Å²) in [6.07, 6.45) is -4.64. The lowest BCUT2D eigenvalue weighted by Crippen LogP contribution is -2.21. The molecular formula is C15H11ClF3NO3S. The molecule has 1 heterocycles. The fraction of sp³-hybridized carbons (Fsp3) is 0.200. The lowest BCUT2D eigenvalue weighted by Gasteiger charge is -2.12. The van der Waals surface area contributed by atoms with Gasteiger partial charge in [0.1, 0.15) is 4.88 Å². The number of aryl methyl sites for hydroxylation is 1. The van der Waals surface area contributed by atoms with Gasteiger partial charge >= 0.3 is 12.1 Å². The summed E-state index contributed by atoms with van der Waals surface area (Å²) < 4.78 is 43.1. The van der Waals surface area contributed by atoms with Crippen molar-refractivity contribution in [2.75, 3.05) is 11.9 Å². The van der Waals surface area contributed by atoms with Gasteiger partial charge < -0.3 is 10.1 Å². The lowest BCUT2D eigenvalue weighted by molar-refractivity contribution is -0.137. The van der Waals surface area contributed by atoms with E-state index in [9.17, 15) is 22.8 Å². The fourth-order valence-corrected chi connectivity index (χ4v) is 2.84. The van der Waals surface area contributed by atoms with Gasteiger partial charge in [0.05, 0.1) is 10.6 Å². The third kappa shape index (κ3) is 4.48. The fourth-order valence-electron chi connectivity index (χ4n) is 1.80. The number of amides is 1. The molecule has 0 saturated heterocycles. The van der Waals surface area contributed by atoms with Crippen molar-refractivity contribution in [2.45, 2.75) is 13.1 Å². The molecule has 2 rings (SSSR count). The van der Waals surface area contributed by atoms with Crippen LogP contribution in [0.2, 0.25) is 5.02 Å². The third-order valence-corrected chi connectivity index (χ3v) is 4.26. The van der Waals surface area contributed by atoms with Gasteiger partial charge in [-0.2, -0.15) is 13.2 Å². The maximum Gasteiger partial charge on any atom is 0.417 e. The Bertz CT molecular complexity index is 774. The second-order valence-electron chi connectivity index (χ2n) is 4.75. The minimum absolute atomic E-state index is 0.0971. The van der Waals surface area contributed by atoms with E-state index in [4.69, 9.17) is 16.3 Å². The van der Waals surface area contributed by atoms with Gasteiger partial charge in [-0.1, -0.05) is 11.6 Å². The summed E-state index contributed by atoms with van der Waals surface area (Å²) in [5.74, 6) is -1.42. The zero-order chi connectivity index (χ0) is 17.9. The summed E-state index contributed by atoms with van der Waals surface area (Å²) in [7, 11) is 0. The zero-order valence-corrected chi connectivity index (χ0v) is 13.8. The van der Waals surface area contributed by atoms with Crippen LogP contribution >= 0.6 is 22.9 Å². The first-order valence-electron chi connectivity index (χ1n) is 6.56. The lowest BCUT2D eigenvalue weighted by atomic mass is 10.2. The molecule has 1 aromatic carbocycles. The minimum atomic E-state index is -4.64. The number of alkyl halides is 3. The van der Waals surface area contributed by atoms with Crippen LogP contribution in [0.3, 0.4) is 0 Å². The third-order valence-electron chi connectivity index (χ3n) is 2.94. The molecule has 0 saturated carbocycles.